The Bertz CT molecular complexity index is 817. The third-order valence-corrected chi connectivity index (χ3v) is 6.29. The predicted octanol–water partition coefficient (Wildman–Crippen LogP) is 2.95. The van der Waals surface area contributed by atoms with Crippen LogP contribution < -0.4 is 5.32 Å². The first-order chi connectivity index (χ1) is 13.7. The summed E-state index contributed by atoms with van der Waals surface area (Å²) in [5, 5.41) is 14.8. The quantitative estimate of drug-likeness (QED) is 0.831. The highest BCUT2D eigenvalue weighted by Gasteiger charge is 2.25. The summed E-state index contributed by atoms with van der Waals surface area (Å²) in [7, 11) is 0. The van der Waals surface area contributed by atoms with Crippen molar-refractivity contribution in [3.8, 4) is 0 Å². The smallest absolute Gasteiger partial charge is 0.272 e. The van der Waals surface area contributed by atoms with Crippen molar-refractivity contribution in [1.29, 1.82) is 0 Å². The summed E-state index contributed by atoms with van der Waals surface area (Å²) >= 11 is 0. The number of carbonyl (C=O) groups is 1. The van der Waals surface area contributed by atoms with Gasteiger partial charge in [0.1, 0.15) is 0 Å². The van der Waals surface area contributed by atoms with Crippen molar-refractivity contribution in [2.75, 3.05) is 6.54 Å². The number of nitrogens with zero attached hydrogens (tertiary/aromatic N) is 4. The Morgan fingerprint density at radius 2 is 2.07 bits per heavy atom. The zero-order valence-corrected chi connectivity index (χ0v) is 17.1. The van der Waals surface area contributed by atoms with Crippen LogP contribution in [0.25, 0.3) is 0 Å². The number of rotatable bonds is 5. The highest BCUT2D eigenvalue weighted by Crippen LogP contribution is 2.26. The molecule has 1 fully saturated rings. The molecule has 0 radical (unpaired) electrons. The van der Waals surface area contributed by atoms with Gasteiger partial charge in [0, 0.05) is 36.9 Å². The Kier molecular flexibility index (Phi) is 5.80. The Balaban J connectivity index is 1.39. The van der Waals surface area contributed by atoms with Crippen molar-refractivity contribution in [2.45, 2.75) is 84.5 Å². The van der Waals surface area contributed by atoms with Gasteiger partial charge in [0.2, 0.25) is 0 Å². The van der Waals surface area contributed by atoms with E-state index < -0.39 is 0 Å². The number of hydrogen-bond donors (Lipinski definition) is 2. The molecule has 1 aliphatic carbocycles. The van der Waals surface area contributed by atoms with Gasteiger partial charge in [-0.25, -0.2) is 0 Å². The van der Waals surface area contributed by atoms with E-state index in [9.17, 15) is 4.79 Å². The number of amides is 1. The molecule has 0 saturated heterocycles. The number of aromatic nitrogens is 4. The fraction of sp³-hybridized carbons (Fsp3) is 0.667. The van der Waals surface area contributed by atoms with Crippen LogP contribution in [-0.2, 0) is 26.1 Å². The second kappa shape index (κ2) is 8.47. The summed E-state index contributed by atoms with van der Waals surface area (Å²) < 4.78 is 2.14. The monoisotopic (exact) mass is 384 g/mol. The molecule has 0 atom stereocenters. The molecule has 1 amide bonds. The summed E-state index contributed by atoms with van der Waals surface area (Å²) in [6.07, 6.45) is 8.77. The number of nitrogens with one attached hydrogen (secondary N) is 2. The van der Waals surface area contributed by atoms with Crippen molar-refractivity contribution >= 4 is 5.91 Å². The molecule has 0 spiro atoms. The fourth-order valence-corrected chi connectivity index (χ4v) is 4.64. The van der Waals surface area contributed by atoms with Gasteiger partial charge in [-0.1, -0.05) is 26.2 Å². The van der Waals surface area contributed by atoms with E-state index in [0.717, 1.165) is 55.5 Å². The van der Waals surface area contributed by atoms with Gasteiger partial charge < -0.3 is 5.32 Å². The Morgan fingerprint density at radius 1 is 1.25 bits per heavy atom. The lowest BCUT2D eigenvalue weighted by Gasteiger charge is -2.33. The third kappa shape index (κ3) is 3.99. The molecule has 7 heteroatoms. The van der Waals surface area contributed by atoms with Crippen LogP contribution in [0.4, 0.5) is 0 Å². The lowest BCUT2D eigenvalue weighted by molar-refractivity contribution is 0.0944. The average molecular weight is 385 g/mol. The van der Waals surface area contributed by atoms with E-state index >= 15 is 0 Å². The highest BCUT2D eigenvalue weighted by atomic mass is 16.1. The maximum Gasteiger partial charge on any atom is 0.272 e. The average Bonchev–Trinajstić information content (AvgIpc) is 3.22. The van der Waals surface area contributed by atoms with Crippen LogP contribution in [0, 0.1) is 6.92 Å². The van der Waals surface area contributed by atoms with E-state index in [-0.39, 0.29) is 5.91 Å². The van der Waals surface area contributed by atoms with Crippen LogP contribution >= 0.6 is 0 Å². The summed E-state index contributed by atoms with van der Waals surface area (Å²) in [4.78, 5) is 15.1. The molecular formula is C21H32N6O. The second-order valence-corrected chi connectivity index (χ2v) is 8.18. The zero-order valence-electron chi connectivity index (χ0n) is 17.1. The molecule has 1 saturated carbocycles. The van der Waals surface area contributed by atoms with Gasteiger partial charge in [-0.15, -0.1) is 0 Å². The zero-order chi connectivity index (χ0) is 19.5. The van der Waals surface area contributed by atoms with E-state index in [1.807, 2.05) is 6.92 Å². The van der Waals surface area contributed by atoms with E-state index in [2.05, 4.69) is 38.1 Å². The minimum Gasteiger partial charge on any atom is -0.345 e. The number of carbonyl (C=O) groups excluding carboxylic acids is 1. The van der Waals surface area contributed by atoms with E-state index in [0.29, 0.717) is 12.2 Å². The molecular weight excluding hydrogens is 352 g/mol. The van der Waals surface area contributed by atoms with Gasteiger partial charge in [-0.2, -0.15) is 10.2 Å². The van der Waals surface area contributed by atoms with E-state index in [1.165, 1.54) is 37.8 Å². The van der Waals surface area contributed by atoms with Crippen LogP contribution in [0.2, 0.25) is 0 Å². The van der Waals surface area contributed by atoms with Gasteiger partial charge in [0.15, 0.2) is 5.69 Å². The largest absolute Gasteiger partial charge is 0.345 e. The number of fused-ring (bicyclic) bond motifs is 1. The molecule has 0 bridgehead atoms. The SMILES string of the molecule is CCc1[nH]nc(C(=O)NCc2cc3n(n2)CCCN(C2CCCCC2)C3)c1C. The first-order valence-electron chi connectivity index (χ1n) is 10.8. The van der Waals surface area contributed by atoms with Gasteiger partial charge >= 0.3 is 0 Å². The molecule has 2 aromatic rings. The lowest BCUT2D eigenvalue weighted by Crippen LogP contribution is -2.36. The minimum absolute atomic E-state index is 0.138. The van der Waals surface area contributed by atoms with Gasteiger partial charge in [0.25, 0.3) is 5.91 Å². The van der Waals surface area contributed by atoms with Crippen LogP contribution in [0.3, 0.4) is 0 Å². The lowest BCUT2D eigenvalue weighted by atomic mass is 9.94. The molecule has 2 aromatic heterocycles. The van der Waals surface area contributed by atoms with Crippen molar-refractivity contribution in [3.05, 3.63) is 34.4 Å². The summed E-state index contributed by atoms with van der Waals surface area (Å²) in [5.74, 6) is -0.138. The Labute approximate surface area is 166 Å². The molecule has 152 valence electrons. The maximum absolute atomic E-state index is 12.5. The van der Waals surface area contributed by atoms with Gasteiger partial charge in [0.05, 0.1) is 17.9 Å². The molecule has 2 N–H and O–H groups in total. The van der Waals surface area contributed by atoms with Crippen molar-refractivity contribution in [1.82, 2.24) is 30.2 Å². The molecule has 28 heavy (non-hydrogen) atoms. The number of hydrogen-bond acceptors (Lipinski definition) is 4. The minimum atomic E-state index is -0.138. The number of aromatic amines is 1. The van der Waals surface area contributed by atoms with Crippen molar-refractivity contribution in [3.63, 3.8) is 0 Å². The number of H-pyrrole nitrogens is 1. The van der Waals surface area contributed by atoms with Crippen LogP contribution in [0.5, 0.6) is 0 Å². The molecule has 0 aromatic carbocycles. The summed E-state index contributed by atoms with van der Waals surface area (Å²) in [5.41, 5.74) is 4.64. The third-order valence-electron chi connectivity index (χ3n) is 6.29. The van der Waals surface area contributed by atoms with Gasteiger partial charge in [-0.3, -0.25) is 19.5 Å². The molecule has 7 nitrogen and oxygen atoms in total. The standard InChI is InChI=1S/C21H32N6O/c1-3-19-15(2)20(24-23-19)21(28)22-13-16-12-18-14-26(10-7-11-27(18)25-16)17-8-5-4-6-9-17/h12,17H,3-11,13-14H2,1-2H3,(H,22,28)(H,23,24). The first-order valence-corrected chi connectivity index (χ1v) is 10.8. The normalized spacial score (nSPS) is 18.6. The first kappa shape index (κ1) is 19.2. The molecule has 2 aliphatic rings. The van der Waals surface area contributed by atoms with E-state index in [4.69, 9.17) is 5.10 Å². The van der Waals surface area contributed by atoms with Crippen molar-refractivity contribution < 1.29 is 4.79 Å². The molecule has 1 aliphatic heterocycles. The summed E-state index contributed by atoms with van der Waals surface area (Å²) in [6.45, 7) is 7.54. The topological polar surface area (TPSA) is 78.8 Å². The molecule has 0 unspecified atom stereocenters. The summed E-state index contributed by atoms with van der Waals surface area (Å²) in [6, 6.07) is 2.89. The van der Waals surface area contributed by atoms with Crippen molar-refractivity contribution in [2.24, 2.45) is 0 Å². The van der Waals surface area contributed by atoms with Crippen LogP contribution in [0.15, 0.2) is 6.07 Å². The van der Waals surface area contributed by atoms with E-state index in [1.54, 1.807) is 0 Å². The maximum atomic E-state index is 12.5. The Hall–Kier alpha value is -2.15. The number of aryl methyl sites for hydroxylation is 2. The van der Waals surface area contributed by atoms with Gasteiger partial charge in [-0.05, 0) is 38.7 Å². The van der Waals surface area contributed by atoms with Crippen LogP contribution in [-0.4, -0.2) is 43.4 Å². The fourth-order valence-electron chi connectivity index (χ4n) is 4.64. The molecule has 3 heterocycles. The Morgan fingerprint density at radius 3 is 2.82 bits per heavy atom. The predicted molar refractivity (Wildman–Crippen MR) is 108 cm³/mol. The van der Waals surface area contributed by atoms with Crippen LogP contribution in [0.1, 0.15) is 78.6 Å². The second-order valence-electron chi connectivity index (χ2n) is 8.18. The molecule has 4 rings (SSSR count). The highest BCUT2D eigenvalue weighted by molar-refractivity contribution is 5.93.